The largest absolute Gasteiger partial charge is 0.394 e. The normalized spacial score (nSPS) is 35.6. The lowest BCUT2D eigenvalue weighted by molar-refractivity contribution is -0.0441. The van der Waals surface area contributed by atoms with Gasteiger partial charge < -0.3 is 46.4 Å². The van der Waals surface area contributed by atoms with Crippen molar-refractivity contribution < 1.29 is 29.2 Å². The van der Waals surface area contributed by atoms with E-state index in [1.54, 1.807) is 22.4 Å². The van der Waals surface area contributed by atoms with Crippen molar-refractivity contribution >= 4 is 125 Å². The van der Waals surface area contributed by atoms with E-state index in [1.807, 2.05) is 20.8 Å². The molecule has 23 nitrogen and oxygen atoms in total. The molecule has 10 rings (SSSR count). The van der Waals surface area contributed by atoms with E-state index in [2.05, 4.69) is 102 Å². The Hall–Kier alpha value is -3.66. The van der Waals surface area contributed by atoms with Gasteiger partial charge in [-0.1, -0.05) is 69.1 Å². The first-order valence-electron chi connectivity index (χ1n) is 24.0. The number of halogens is 6. The molecule has 0 aliphatic carbocycles. The number of nitrogens with zero attached hydrogens (tertiary/aromatic N) is 10. The Kier molecular flexibility index (Phi) is 17.2. The Morgan fingerprint density at radius 2 is 0.973 bits per heavy atom. The summed E-state index contributed by atoms with van der Waals surface area (Å²) in [5, 5.41) is 19.6. The molecule has 0 aromatic carbocycles. The minimum absolute atomic E-state index is 0.00313. The molecule has 0 unspecified atom stereocenters. The number of alkyl halides is 5. The van der Waals surface area contributed by atoms with Crippen LogP contribution in [0.2, 0.25) is 5.15 Å². The van der Waals surface area contributed by atoms with Crippen LogP contribution in [0.3, 0.4) is 0 Å². The predicted octanol–water partition coefficient (Wildman–Crippen LogP) is 6.75. The van der Waals surface area contributed by atoms with E-state index in [4.69, 9.17) is 94.2 Å². The first kappa shape index (κ1) is 58.0. The summed E-state index contributed by atoms with van der Waals surface area (Å²) in [6.45, 7) is 19.7. The van der Waals surface area contributed by atoms with Crippen LogP contribution >= 0.6 is 73.9 Å². The van der Waals surface area contributed by atoms with E-state index in [0.717, 1.165) is 19.3 Å². The summed E-state index contributed by atoms with van der Waals surface area (Å²) in [7, 11) is 0. The fraction of sp³-hybridized carbons (Fsp3) is 0.667. The number of nitrogens with one attached hydrogen (secondary N) is 2. The highest BCUT2D eigenvalue weighted by atomic mass is 79.9. The second-order valence-electron chi connectivity index (χ2n) is 19.6. The number of aromatic nitrogens is 12. The molecule has 4 fully saturated rings. The van der Waals surface area contributed by atoms with E-state index in [1.165, 1.54) is 17.2 Å². The van der Waals surface area contributed by atoms with Crippen molar-refractivity contribution in [3.8, 4) is 0 Å². The van der Waals surface area contributed by atoms with Crippen molar-refractivity contribution in [2.24, 2.45) is 17.8 Å². The highest BCUT2D eigenvalue weighted by Gasteiger charge is 2.54. The Morgan fingerprint density at radius 1 is 0.608 bits per heavy atom. The van der Waals surface area contributed by atoms with Gasteiger partial charge in [-0.15, -0.1) is 46.4 Å². The third kappa shape index (κ3) is 10.6. The number of aliphatic hydroxyl groups is 2. The van der Waals surface area contributed by atoms with Crippen molar-refractivity contribution in [1.29, 1.82) is 0 Å². The molecule has 0 saturated carbocycles. The summed E-state index contributed by atoms with van der Waals surface area (Å²) < 4.78 is 28.3. The fourth-order valence-corrected chi connectivity index (χ4v) is 11.7. The number of H-pyrrole nitrogens is 2. The molecule has 16 atom stereocenters. The zero-order chi connectivity index (χ0) is 54.7. The second kappa shape index (κ2) is 22.0. The first-order chi connectivity index (χ1) is 34.6. The van der Waals surface area contributed by atoms with Crippen LogP contribution in [0.25, 0.3) is 33.5 Å². The van der Waals surface area contributed by atoms with E-state index in [0.29, 0.717) is 28.8 Å². The quantitative estimate of drug-likeness (QED) is 0.0642. The third-order valence-electron chi connectivity index (χ3n) is 14.8. The van der Waals surface area contributed by atoms with Gasteiger partial charge in [-0.3, -0.25) is 33.3 Å². The number of nitrogens with two attached hydrogens (primary N) is 3. The molecule has 0 bridgehead atoms. The third-order valence-corrected chi connectivity index (χ3v) is 18.5. The highest BCUT2D eigenvalue weighted by molar-refractivity contribution is 9.09. The lowest BCUT2D eigenvalue weighted by atomic mass is 9.90. The van der Waals surface area contributed by atoms with Crippen LogP contribution in [-0.4, -0.2) is 130 Å². The Bertz CT molecular complexity index is 2950. The minimum atomic E-state index is -1.22. The Balaban J connectivity index is 0.000000148. The van der Waals surface area contributed by atoms with Crippen LogP contribution < -0.4 is 28.3 Å². The second-order valence-corrected chi connectivity index (χ2v) is 24.1. The van der Waals surface area contributed by atoms with E-state index >= 15 is 0 Å². The standard InChI is InChI=1S/C13H17Cl2N5O.C13H18ClN5O2.C11H14ClN5O4.C8H14BrClO/c1-4-7-6(2)13(3,15)11(21-7)20-5-17-8-9(14)18-12(16)19-10(8)20;1-4-7-6(2)13(3,14)11(21-7)19-5-16-8-9(19)17-12(15)18-10(8)20;1-11(12)6(19)4(2-18)21-9(11)17-3-14-5-7(17)15-10(13)16-8(5)20;1-4-6-5(2)8(3,10)7(9)11-6/h5-7,11H,4H2,1-3H3,(H2,16,18,19);5-7,11H,4H2,1-3H3,(H3,15,17,18,20);3-4,6,9,18-19H,2H2,1H3,(H3,13,15,16,20);5-7H,4H2,1-3H3/t2*6-,7-,11-,13-;4-,6-,9-,11-;5-,6-,7+,8-/m1111/s1. The van der Waals surface area contributed by atoms with Crippen molar-refractivity contribution in [3.05, 3.63) is 44.8 Å². The number of fused-ring (bicyclic) bond motifs is 3. The maximum atomic E-state index is 11.8. The summed E-state index contributed by atoms with van der Waals surface area (Å²) in [5.41, 5.74) is 17.9. The van der Waals surface area contributed by atoms with Crippen molar-refractivity contribution in [3.63, 3.8) is 0 Å². The molecule has 4 aliphatic rings. The Morgan fingerprint density at radius 3 is 1.32 bits per heavy atom. The topological polar surface area (TPSA) is 326 Å². The zero-order valence-electron chi connectivity index (χ0n) is 42.3. The SMILES string of the molecule is CC[C@H]1O[C@@H](n2cnc3c(=O)[nH]c(N)nc32)[C@](C)(Cl)[C@@H]1C.CC[C@H]1O[C@@H](n2cnc3c(Cl)nc(N)nc32)[C@](C)(Cl)[C@@H]1C.CC[C@H]1O[C@H](Br)[C@](C)(Cl)[C@@H]1C.C[C@@]1(Cl)[C@H](O)[C@@H](CO)O[C@H]1n1cnc2c(=O)[nH]c(N)nc21. The van der Waals surface area contributed by atoms with Gasteiger partial charge in [0, 0.05) is 17.8 Å². The molecule has 10 N–H and O–H groups in total. The maximum absolute atomic E-state index is 11.8. The van der Waals surface area contributed by atoms with Crippen LogP contribution in [0.4, 0.5) is 17.8 Å². The number of imidazole rings is 3. The average Bonchev–Trinajstić information content (AvgIpc) is 4.20. The van der Waals surface area contributed by atoms with Gasteiger partial charge >= 0.3 is 0 Å². The van der Waals surface area contributed by atoms with Gasteiger partial charge in [0.2, 0.25) is 17.8 Å². The van der Waals surface area contributed by atoms with Crippen LogP contribution in [0, 0.1) is 17.8 Å². The lowest BCUT2D eigenvalue weighted by Crippen LogP contribution is -2.39. The summed E-state index contributed by atoms with van der Waals surface area (Å²) >= 11 is 35.6. The summed E-state index contributed by atoms with van der Waals surface area (Å²) in [6.07, 6.45) is 4.12. The molecule has 0 spiro atoms. The fourth-order valence-electron chi connectivity index (χ4n) is 9.67. The number of nitrogen functional groups attached to an aromatic ring is 3. The predicted molar refractivity (Wildman–Crippen MR) is 288 cm³/mol. The molecular weight excluding hydrogens is 1140 g/mol. The minimum Gasteiger partial charge on any atom is -0.394 e. The molecule has 4 saturated heterocycles. The number of aliphatic hydroxyl groups excluding tert-OH is 2. The molecule has 0 radical (unpaired) electrons. The van der Waals surface area contributed by atoms with Crippen LogP contribution in [-0.2, 0) is 18.9 Å². The van der Waals surface area contributed by atoms with Crippen molar-refractivity contribution in [2.45, 2.75) is 162 Å². The number of ether oxygens (including phenoxy) is 4. The van der Waals surface area contributed by atoms with Gasteiger partial charge in [0.25, 0.3) is 11.1 Å². The smallest absolute Gasteiger partial charge is 0.280 e. The first-order valence-corrected chi connectivity index (χ1v) is 26.8. The Labute approximate surface area is 459 Å². The number of aromatic amines is 2. The number of hydrogen-bond donors (Lipinski definition) is 7. The number of rotatable bonds is 7. The molecule has 74 heavy (non-hydrogen) atoms. The van der Waals surface area contributed by atoms with Gasteiger partial charge in [-0.2, -0.15) is 19.9 Å². The van der Waals surface area contributed by atoms with E-state index < -0.39 is 44.8 Å². The van der Waals surface area contributed by atoms with E-state index in [-0.39, 0.29) is 92.0 Å². The van der Waals surface area contributed by atoms with Crippen molar-refractivity contribution in [2.75, 3.05) is 23.8 Å². The molecule has 6 aromatic heterocycles. The van der Waals surface area contributed by atoms with Crippen molar-refractivity contribution in [1.82, 2.24) is 58.6 Å². The zero-order valence-corrected chi connectivity index (χ0v) is 47.7. The maximum Gasteiger partial charge on any atom is 0.280 e. The summed E-state index contributed by atoms with van der Waals surface area (Å²) in [5.74, 6) is 0.848. The van der Waals surface area contributed by atoms with Gasteiger partial charge in [-0.25, -0.2) is 15.0 Å². The van der Waals surface area contributed by atoms with E-state index in [9.17, 15) is 19.8 Å². The molecule has 6 aromatic rings. The molecular formula is C45H63BrCl5N15O8. The molecule has 29 heteroatoms. The van der Waals surface area contributed by atoms with Gasteiger partial charge in [0.05, 0.1) is 58.5 Å². The summed E-state index contributed by atoms with van der Waals surface area (Å²) in [4.78, 5) is 54.4. The van der Waals surface area contributed by atoms with Crippen LogP contribution in [0.15, 0.2) is 28.6 Å². The lowest BCUT2D eigenvalue weighted by Gasteiger charge is -2.27. The number of hydrogen-bond acceptors (Lipinski definition) is 18. The summed E-state index contributed by atoms with van der Waals surface area (Å²) in [6, 6.07) is 0. The molecule has 4 aliphatic heterocycles. The molecule has 10 heterocycles. The van der Waals surface area contributed by atoms with Gasteiger partial charge in [0.15, 0.2) is 51.8 Å². The van der Waals surface area contributed by atoms with Crippen LogP contribution in [0.1, 0.15) is 107 Å². The molecule has 0 amide bonds. The number of anilines is 3. The average molecular weight is 1200 g/mol. The highest BCUT2D eigenvalue weighted by Crippen LogP contribution is 2.50. The van der Waals surface area contributed by atoms with Gasteiger partial charge in [-0.05, 0) is 47.0 Å². The van der Waals surface area contributed by atoms with Gasteiger partial charge in [0.1, 0.15) is 27.6 Å². The monoisotopic (exact) mass is 1200 g/mol. The van der Waals surface area contributed by atoms with Crippen LogP contribution in [0.5, 0.6) is 0 Å². The molecule has 408 valence electrons.